The molecule has 1 saturated heterocycles. The lowest BCUT2D eigenvalue weighted by atomic mass is 9.82. The highest BCUT2D eigenvalue weighted by Crippen LogP contribution is 2.50. The lowest BCUT2D eigenvalue weighted by Gasteiger charge is -2.44. The quantitative estimate of drug-likeness (QED) is 0.111. The molecule has 1 aliphatic heterocycles. The van der Waals surface area contributed by atoms with Crippen LogP contribution in [0.2, 0.25) is 0 Å². The number of unbranched alkanes of at least 4 members (excludes halogenated alkanes) is 1. The standard InChI is InChI=1S/C31H51N2O10P/c1-6-40-44(37,41-7-2)21-17-27-23(3)24(4)29(42-25(5)34)30(43-27)38-20-12-11-16-28(35)32-18-13-19-33-31(36)39-22-26-14-9-8-10-15-26/h8-10,14-15,23-24,27,29-30H,6-7,11-13,16-22H2,1-5H3,(H,32,35)(H,33,36)/t23-,24-,27+,29-,30-/m0/s1. The fraction of sp³-hybridized carbons (Fsp3) is 0.710. The molecule has 1 fully saturated rings. The van der Waals surface area contributed by atoms with Gasteiger partial charge in [0.25, 0.3) is 0 Å². The van der Waals surface area contributed by atoms with Crippen LogP contribution < -0.4 is 10.6 Å². The molecule has 250 valence electrons. The minimum atomic E-state index is -3.23. The van der Waals surface area contributed by atoms with Crippen LogP contribution in [-0.4, -0.2) is 75.5 Å². The van der Waals surface area contributed by atoms with Gasteiger partial charge in [-0.3, -0.25) is 14.2 Å². The molecule has 0 bridgehead atoms. The SMILES string of the molecule is CCOP(=O)(CC[C@H]1O[C@H](OCCCCC(=O)NCCCNC(=O)OCc2ccccc2)[C@@H](OC(C)=O)[C@@H](C)[C@@H]1C)OCC. The summed E-state index contributed by atoms with van der Waals surface area (Å²) >= 11 is 0. The summed E-state index contributed by atoms with van der Waals surface area (Å²) in [6, 6.07) is 9.42. The van der Waals surface area contributed by atoms with Crippen molar-refractivity contribution in [1.82, 2.24) is 10.6 Å². The summed E-state index contributed by atoms with van der Waals surface area (Å²) in [7, 11) is -3.23. The van der Waals surface area contributed by atoms with Crippen LogP contribution in [0.3, 0.4) is 0 Å². The minimum Gasteiger partial charge on any atom is -0.457 e. The Morgan fingerprint density at radius 1 is 0.932 bits per heavy atom. The van der Waals surface area contributed by atoms with Gasteiger partial charge in [-0.2, -0.15) is 0 Å². The highest BCUT2D eigenvalue weighted by molar-refractivity contribution is 7.53. The van der Waals surface area contributed by atoms with Crippen molar-refractivity contribution >= 4 is 25.6 Å². The van der Waals surface area contributed by atoms with Crippen LogP contribution in [-0.2, 0) is 48.8 Å². The van der Waals surface area contributed by atoms with Crippen LogP contribution in [0.15, 0.2) is 30.3 Å². The smallest absolute Gasteiger partial charge is 0.407 e. The third-order valence-corrected chi connectivity index (χ3v) is 9.50. The monoisotopic (exact) mass is 642 g/mol. The van der Waals surface area contributed by atoms with Crippen molar-refractivity contribution in [3.8, 4) is 0 Å². The van der Waals surface area contributed by atoms with Gasteiger partial charge in [-0.25, -0.2) is 4.79 Å². The first-order valence-electron chi connectivity index (χ1n) is 15.6. The Labute approximate surface area is 261 Å². The van der Waals surface area contributed by atoms with Crippen molar-refractivity contribution in [1.29, 1.82) is 0 Å². The molecule has 0 aromatic heterocycles. The number of carbonyl (C=O) groups is 3. The number of hydrogen-bond donors (Lipinski definition) is 2. The fourth-order valence-electron chi connectivity index (χ4n) is 4.88. The number of ether oxygens (including phenoxy) is 4. The van der Waals surface area contributed by atoms with Gasteiger partial charge in [0, 0.05) is 39.0 Å². The van der Waals surface area contributed by atoms with Gasteiger partial charge in [-0.15, -0.1) is 0 Å². The number of benzene rings is 1. The Morgan fingerprint density at radius 2 is 1.61 bits per heavy atom. The first kappa shape index (κ1) is 37.7. The van der Waals surface area contributed by atoms with Crippen molar-refractivity contribution in [3.63, 3.8) is 0 Å². The molecule has 1 heterocycles. The zero-order valence-electron chi connectivity index (χ0n) is 26.8. The van der Waals surface area contributed by atoms with Crippen LogP contribution >= 0.6 is 7.60 Å². The highest BCUT2D eigenvalue weighted by atomic mass is 31.2. The van der Waals surface area contributed by atoms with Gasteiger partial charge < -0.3 is 38.6 Å². The number of carbonyl (C=O) groups excluding carboxylic acids is 3. The lowest BCUT2D eigenvalue weighted by molar-refractivity contribution is -0.275. The fourth-order valence-corrected chi connectivity index (χ4v) is 6.57. The van der Waals surface area contributed by atoms with Gasteiger partial charge in [0.2, 0.25) is 5.91 Å². The number of esters is 1. The zero-order valence-corrected chi connectivity index (χ0v) is 27.7. The zero-order chi connectivity index (χ0) is 32.4. The molecular weight excluding hydrogens is 591 g/mol. The summed E-state index contributed by atoms with van der Waals surface area (Å²) in [5, 5.41) is 5.52. The van der Waals surface area contributed by atoms with E-state index in [9.17, 15) is 18.9 Å². The molecule has 1 aromatic rings. The van der Waals surface area contributed by atoms with Gasteiger partial charge in [-0.1, -0.05) is 44.2 Å². The molecular formula is C31H51N2O10P. The second-order valence-electron chi connectivity index (χ2n) is 10.8. The topological polar surface area (TPSA) is 148 Å². The highest BCUT2D eigenvalue weighted by Gasteiger charge is 2.44. The maximum Gasteiger partial charge on any atom is 0.407 e. The average molecular weight is 643 g/mol. The first-order chi connectivity index (χ1) is 21.1. The lowest BCUT2D eigenvalue weighted by Crippen LogP contribution is -2.52. The molecule has 1 aliphatic rings. The Balaban J connectivity index is 1.69. The molecule has 12 nitrogen and oxygen atoms in total. The first-order valence-corrected chi connectivity index (χ1v) is 17.3. The third kappa shape index (κ3) is 14.1. The van der Waals surface area contributed by atoms with Crippen molar-refractivity contribution in [2.75, 3.05) is 39.1 Å². The summed E-state index contributed by atoms with van der Waals surface area (Å²) < 4.78 is 46.8. The molecule has 0 saturated carbocycles. The Kier molecular flexibility index (Phi) is 17.6. The summed E-state index contributed by atoms with van der Waals surface area (Å²) in [5.74, 6) is -0.557. The number of rotatable bonds is 20. The number of amides is 2. The van der Waals surface area contributed by atoms with Crippen LogP contribution in [0.4, 0.5) is 4.79 Å². The van der Waals surface area contributed by atoms with Gasteiger partial charge in [0.05, 0.1) is 25.5 Å². The maximum absolute atomic E-state index is 13.0. The van der Waals surface area contributed by atoms with Crippen LogP contribution in [0.1, 0.15) is 72.3 Å². The summed E-state index contributed by atoms with van der Waals surface area (Å²) in [6.07, 6.45) is 0.612. The third-order valence-electron chi connectivity index (χ3n) is 7.39. The second kappa shape index (κ2) is 20.5. The summed E-state index contributed by atoms with van der Waals surface area (Å²) in [6.45, 7) is 10.8. The molecule has 0 aliphatic carbocycles. The molecule has 0 unspecified atom stereocenters. The molecule has 1 aromatic carbocycles. The van der Waals surface area contributed by atoms with E-state index in [1.165, 1.54) is 6.92 Å². The van der Waals surface area contributed by atoms with E-state index in [0.29, 0.717) is 51.8 Å². The van der Waals surface area contributed by atoms with E-state index in [2.05, 4.69) is 10.6 Å². The Hall–Kier alpha value is -2.50. The van der Waals surface area contributed by atoms with Gasteiger partial charge in [0.15, 0.2) is 12.4 Å². The van der Waals surface area contributed by atoms with E-state index >= 15 is 0 Å². The van der Waals surface area contributed by atoms with E-state index in [1.54, 1.807) is 13.8 Å². The number of nitrogens with one attached hydrogen (secondary N) is 2. The molecule has 0 spiro atoms. The summed E-state index contributed by atoms with van der Waals surface area (Å²) in [4.78, 5) is 35.8. The van der Waals surface area contributed by atoms with Crippen molar-refractivity contribution in [2.24, 2.45) is 11.8 Å². The predicted molar refractivity (Wildman–Crippen MR) is 165 cm³/mol. The molecule has 13 heteroatoms. The Bertz CT molecular complexity index is 1030. The molecule has 5 atom stereocenters. The van der Waals surface area contributed by atoms with Gasteiger partial charge in [0.1, 0.15) is 6.61 Å². The van der Waals surface area contributed by atoms with Gasteiger partial charge in [-0.05, 0) is 51.0 Å². The molecule has 0 radical (unpaired) electrons. The van der Waals surface area contributed by atoms with Crippen molar-refractivity contribution in [3.05, 3.63) is 35.9 Å². The predicted octanol–water partition coefficient (Wildman–Crippen LogP) is 5.19. The van der Waals surface area contributed by atoms with E-state index in [4.69, 9.17) is 28.0 Å². The number of hydrogen-bond acceptors (Lipinski definition) is 10. The normalized spacial score (nSPS) is 21.8. The van der Waals surface area contributed by atoms with E-state index in [1.807, 2.05) is 44.2 Å². The van der Waals surface area contributed by atoms with Gasteiger partial charge >= 0.3 is 19.7 Å². The molecule has 2 amide bonds. The van der Waals surface area contributed by atoms with Crippen LogP contribution in [0.25, 0.3) is 0 Å². The average Bonchev–Trinajstić information content (AvgIpc) is 2.99. The molecule has 2 rings (SSSR count). The second-order valence-corrected chi connectivity index (χ2v) is 13.0. The van der Waals surface area contributed by atoms with Crippen molar-refractivity contribution in [2.45, 2.75) is 91.8 Å². The molecule has 2 N–H and O–H groups in total. The number of alkyl carbamates (subject to hydrolysis) is 1. The van der Waals surface area contributed by atoms with E-state index in [-0.39, 0.29) is 49.8 Å². The Morgan fingerprint density at radius 3 is 2.27 bits per heavy atom. The maximum atomic E-state index is 13.0. The van der Waals surface area contributed by atoms with E-state index in [0.717, 1.165) is 5.56 Å². The van der Waals surface area contributed by atoms with Crippen molar-refractivity contribution < 1.29 is 46.9 Å². The van der Waals surface area contributed by atoms with Crippen LogP contribution in [0, 0.1) is 11.8 Å². The largest absolute Gasteiger partial charge is 0.457 e. The summed E-state index contributed by atoms with van der Waals surface area (Å²) in [5.41, 5.74) is 0.910. The van der Waals surface area contributed by atoms with E-state index < -0.39 is 32.1 Å². The minimum absolute atomic E-state index is 0.00901. The molecule has 44 heavy (non-hydrogen) atoms. The van der Waals surface area contributed by atoms with Crippen LogP contribution in [0.5, 0.6) is 0 Å².